The van der Waals surface area contributed by atoms with Gasteiger partial charge in [0, 0.05) is 18.8 Å². The van der Waals surface area contributed by atoms with Crippen molar-refractivity contribution in [2.45, 2.75) is 11.8 Å². The van der Waals surface area contributed by atoms with Crippen LogP contribution in [0.3, 0.4) is 0 Å². The predicted molar refractivity (Wildman–Crippen MR) is 119 cm³/mol. The number of amides is 1. The lowest BCUT2D eigenvalue weighted by molar-refractivity contribution is -0.119. The molecule has 1 aliphatic heterocycles. The van der Waals surface area contributed by atoms with E-state index in [4.69, 9.17) is 18.9 Å². The quantitative estimate of drug-likeness (QED) is 0.571. The zero-order valence-corrected chi connectivity index (χ0v) is 19.4. The van der Waals surface area contributed by atoms with Gasteiger partial charge in [-0.3, -0.25) is 4.79 Å². The van der Waals surface area contributed by atoms with Crippen LogP contribution in [0.1, 0.15) is 15.9 Å². The molecule has 1 amide bonds. The van der Waals surface area contributed by atoms with Crippen LogP contribution in [0.5, 0.6) is 11.5 Å². The monoisotopic (exact) mass is 478 g/mol. The van der Waals surface area contributed by atoms with E-state index in [0.717, 1.165) is 0 Å². The summed E-state index contributed by atoms with van der Waals surface area (Å²) in [5, 5.41) is 2.56. The number of aryl methyl sites for hydroxylation is 1. The SMILES string of the molecule is COc1cccc(C(=O)OCC(=O)Nc2ccc(C)c(S(=O)(=O)N3CCOCC3)c2)c1OC. The number of methoxy groups -OCH3 is 2. The average molecular weight is 479 g/mol. The summed E-state index contributed by atoms with van der Waals surface area (Å²) in [5.41, 5.74) is 0.933. The Morgan fingerprint density at radius 1 is 1.09 bits per heavy atom. The molecule has 1 aliphatic rings. The molecule has 0 aromatic heterocycles. The molecule has 1 heterocycles. The van der Waals surface area contributed by atoms with E-state index in [1.807, 2.05) is 0 Å². The molecule has 178 valence electrons. The lowest BCUT2D eigenvalue weighted by Crippen LogP contribution is -2.40. The van der Waals surface area contributed by atoms with Crippen LogP contribution in [0, 0.1) is 6.92 Å². The molecule has 0 bridgehead atoms. The first-order valence-electron chi connectivity index (χ1n) is 10.1. The minimum atomic E-state index is -3.74. The van der Waals surface area contributed by atoms with Crippen molar-refractivity contribution in [2.75, 3.05) is 52.4 Å². The van der Waals surface area contributed by atoms with Gasteiger partial charge < -0.3 is 24.3 Å². The second-order valence-electron chi connectivity index (χ2n) is 7.16. The molecule has 2 aromatic carbocycles. The number of sulfonamides is 1. The highest BCUT2D eigenvalue weighted by molar-refractivity contribution is 7.89. The Hall–Kier alpha value is -3.15. The Labute approximate surface area is 192 Å². The molecule has 10 nitrogen and oxygen atoms in total. The van der Waals surface area contributed by atoms with Crippen LogP contribution in [0.15, 0.2) is 41.3 Å². The summed E-state index contributed by atoms with van der Waals surface area (Å²) in [4.78, 5) is 24.9. The molecule has 33 heavy (non-hydrogen) atoms. The lowest BCUT2D eigenvalue weighted by atomic mass is 10.2. The van der Waals surface area contributed by atoms with E-state index in [1.165, 1.54) is 30.7 Å². The van der Waals surface area contributed by atoms with Gasteiger partial charge in [-0.1, -0.05) is 12.1 Å². The molecule has 2 aromatic rings. The van der Waals surface area contributed by atoms with Crippen LogP contribution in [-0.2, 0) is 24.3 Å². The number of hydrogen-bond acceptors (Lipinski definition) is 8. The van der Waals surface area contributed by atoms with Gasteiger partial charge in [0.25, 0.3) is 5.91 Å². The predicted octanol–water partition coefficient (Wildman–Crippen LogP) is 1.83. The minimum absolute atomic E-state index is 0.0975. The van der Waals surface area contributed by atoms with Gasteiger partial charge in [-0.25, -0.2) is 13.2 Å². The molecule has 0 aliphatic carbocycles. The molecule has 3 rings (SSSR count). The van der Waals surface area contributed by atoms with Crippen LogP contribution in [0.25, 0.3) is 0 Å². The highest BCUT2D eigenvalue weighted by atomic mass is 32.2. The molecule has 0 saturated carbocycles. The topological polar surface area (TPSA) is 120 Å². The standard InChI is InChI=1S/C22H26N2O8S/c1-15-7-8-16(13-19(15)33(27,28)24-9-11-31-12-10-24)23-20(25)14-32-22(26)17-5-4-6-18(29-2)21(17)30-3/h4-8,13H,9-12,14H2,1-3H3,(H,23,25). The fraction of sp³-hybridized carbons (Fsp3) is 0.364. The summed E-state index contributed by atoms with van der Waals surface area (Å²) in [5.74, 6) is -0.837. The second kappa shape index (κ2) is 10.6. The Bertz CT molecular complexity index is 1130. The third-order valence-corrected chi connectivity index (χ3v) is 7.06. The van der Waals surface area contributed by atoms with Crippen molar-refractivity contribution >= 4 is 27.6 Å². The summed E-state index contributed by atoms with van der Waals surface area (Å²) in [7, 11) is -0.906. The van der Waals surface area contributed by atoms with E-state index in [-0.39, 0.29) is 35.0 Å². The third-order valence-electron chi connectivity index (χ3n) is 5.02. The lowest BCUT2D eigenvalue weighted by Gasteiger charge is -2.26. The van der Waals surface area contributed by atoms with Crippen LogP contribution in [0.2, 0.25) is 0 Å². The van der Waals surface area contributed by atoms with Gasteiger partial charge in [0.15, 0.2) is 18.1 Å². The summed E-state index contributed by atoms with van der Waals surface area (Å²) in [6.45, 7) is 2.31. The third kappa shape index (κ3) is 5.62. The van der Waals surface area contributed by atoms with E-state index in [0.29, 0.717) is 24.5 Å². The van der Waals surface area contributed by atoms with E-state index < -0.39 is 28.5 Å². The van der Waals surface area contributed by atoms with Crippen LogP contribution in [0.4, 0.5) is 5.69 Å². The maximum atomic E-state index is 13.0. The van der Waals surface area contributed by atoms with Gasteiger partial charge in [0.1, 0.15) is 5.56 Å². The maximum absolute atomic E-state index is 13.0. The number of esters is 1. The summed E-state index contributed by atoms with van der Waals surface area (Å²) < 4.78 is 48.0. The normalized spacial score (nSPS) is 14.4. The fourth-order valence-electron chi connectivity index (χ4n) is 3.34. The molecular weight excluding hydrogens is 452 g/mol. The maximum Gasteiger partial charge on any atom is 0.342 e. The van der Waals surface area contributed by atoms with Crippen molar-refractivity contribution in [2.24, 2.45) is 0 Å². The molecule has 0 unspecified atom stereocenters. The van der Waals surface area contributed by atoms with Gasteiger partial charge in [-0.05, 0) is 36.8 Å². The zero-order valence-electron chi connectivity index (χ0n) is 18.6. The molecule has 0 spiro atoms. The van der Waals surface area contributed by atoms with Crippen LogP contribution < -0.4 is 14.8 Å². The molecule has 0 radical (unpaired) electrons. The molecule has 1 saturated heterocycles. The number of nitrogens with one attached hydrogen (secondary N) is 1. The van der Waals surface area contributed by atoms with Gasteiger partial charge in [-0.2, -0.15) is 4.31 Å². The Morgan fingerprint density at radius 3 is 2.48 bits per heavy atom. The largest absolute Gasteiger partial charge is 0.493 e. The molecule has 0 atom stereocenters. The number of nitrogens with zero attached hydrogens (tertiary/aromatic N) is 1. The molecule has 11 heteroatoms. The van der Waals surface area contributed by atoms with Crippen LogP contribution >= 0.6 is 0 Å². The summed E-state index contributed by atoms with van der Waals surface area (Å²) in [6, 6.07) is 9.30. The number of carbonyl (C=O) groups is 2. The van der Waals surface area contributed by atoms with Crippen molar-refractivity contribution < 1.29 is 37.0 Å². The summed E-state index contributed by atoms with van der Waals surface area (Å²) >= 11 is 0. The van der Waals surface area contributed by atoms with E-state index in [9.17, 15) is 18.0 Å². The van der Waals surface area contributed by atoms with Crippen molar-refractivity contribution in [1.29, 1.82) is 0 Å². The smallest absolute Gasteiger partial charge is 0.342 e. The van der Waals surface area contributed by atoms with E-state index in [2.05, 4.69) is 5.32 Å². The number of ether oxygens (including phenoxy) is 4. The number of benzene rings is 2. The minimum Gasteiger partial charge on any atom is -0.493 e. The molecular formula is C22H26N2O8S. The molecule has 1 N–H and O–H groups in total. The number of carbonyl (C=O) groups excluding carboxylic acids is 2. The number of morpholine rings is 1. The molecule has 1 fully saturated rings. The van der Waals surface area contributed by atoms with E-state index in [1.54, 1.807) is 31.2 Å². The van der Waals surface area contributed by atoms with Gasteiger partial charge in [0.2, 0.25) is 10.0 Å². The number of rotatable bonds is 8. The Kier molecular flexibility index (Phi) is 7.90. The van der Waals surface area contributed by atoms with Crippen molar-refractivity contribution in [3.63, 3.8) is 0 Å². The Morgan fingerprint density at radius 2 is 1.82 bits per heavy atom. The first-order chi connectivity index (χ1) is 15.8. The van der Waals surface area contributed by atoms with Gasteiger partial charge >= 0.3 is 5.97 Å². The zero-order chi connectivity index (χ0) is 24.0. The van der Waals surface area contributed by atoms with Crippen LogP contribution in [-0.4, -0.2) is 71.7 Å². The van der Waals surface area contributed by atoms with Gasteiger partial charge in [-0.15, -0.1) is 0 Å². The average Bonchev–Trinajstić information content (AvgIpc) is 2.83. The second-order valence-corrected chi connectivity index (χ2v) is 9.07. The van der Waals surface area contributed by atoms with Gasteiger partial charge in [0.05, 0.1) is 32.3 Å². The number of para-hydroxylation sites is 1. The summed E-state index contributed by atoms with van der Waals surface area (Å²) in [6.07, 6.45) is 0. The van der Waals surface area contributed by atoms with Crippen molar-refractivity contribution in [3.05, 3.63) is 47.5 Å². The Balaban J connectivity index is 1.68. The number of anilines is 1. The van der Waals surface area contributed by atoms with Crippen molar-refractivity contribution in [3.8, 4) is 11.5 Å². The first-order valence-corrected chi connectivity index (χ1v) is 11.6. The van der Waals surface area contributed by atoms with E-state index >= 15 is 0 Å². The van der Waals surface area contributed by atoms with Crippen molar-refractivity contribution in [1.82, 2.24) is 4.31 Å². The highest BCUT2D eigenvalue weighted by Gasteiger charge is 2.28. The first kappa shape index (κ1) is 24.5. The highest BCUT2D eigenvalue weighted by Crippen LogP contribution is 2.31. The fourth-order valence-corrected chi connectivity index (χ4v) is 4.99. The number of hydrogen-bond donors (Lipinski definition) is 1.